The fourth-order valence-electron chi connectivity index (χ4n) is 4.61. The minimum atomic E-state index is -1.00. The Hall–Kier alpha value is -3.54. The number of amides is 2. The zero-order valence-corrected chi connectivity index (χ0v) is 23.2. The van der Waals surface area contributed by atoms with Gasteiger partial charge in [-0.2, -0.15) is 0 Å². The molecular formula is C28H39N3O8. The molecule has 2 rings (SSSR count). The molecule has 0 aromatic heterocycles. The maximum atomic E-state index is 13.2. The summed E-state index contributed by atoms with van der Waals surface area (Å²) in [4.78, 5) is 50.1. The fourth-order valence-corrected chi connectivity index (χ4v) is 4.61. The van der Waals surface area contributed by atoms with Crippen LogP contribution in [0.2, 0.25) is 0 Å². The number of ketones is 2. The summed E-state index contributed by atoms with van der Waals surface area (Å²) in [6.45, 7) is 6.89. The molecule has 11 nitrogen and oxygen atoms in total. The lowest BCUT2D eigenvalue weighted by atomic mass is 9.85. The van der Waals surface area contributed by atoms with Gasteiger partial charge in [-0.05, 0) is 38.2 Å². The first kappa shape index (κ1) is 31.7. The standard InChI is InChI=1S/C28H39N3O8/c1-14-10-18-23(29)20(32)13-19(25(18)34)31-27(35)15(2)8-7-9-21(37-5)26(39-28(30)36)17(4)12-16(3)24(33)22(11-14)38-6/h7-9,12-14,16,21-22,24,26,33H,10-11,29H2,1-6H3,(H2,30,36)(H,31,35)/b9-7-,15-8-,17-12-. The number of nitrogens with one attached hydrogen (secondary N) is 1. The highest BCUT2D eigenvalue weighted by atomic mass is 16.6. The van der Waals surface area contributed by atoms with E-state index in [1.165, 1.54) is 33.3 Å². The number of fused-ring (bicyclic) bond motifs is 2. The Morgan fingerprint density at radius 2 is 1.79 bits per heavy atom. The number of aliphatic hydroxyl groups excluding tert-OH is 1. The first-order valence-corrected chi connectivity index (χ1v) is 12.6. The highest BCUT2D eigenvalue weighted by molar-refractivity contribution is 6.23. The summed E-state index contributed by atoms with van der Waals surface area (Å²) in [5.74, 6) is -2.37. The minimum Gasteiger partial charge on any atom is -0.439 e. The van der Waals surface area contributed by atoms with Gasteiger partial charge in [-0.1, -0.05) is 38.2 Å². The number of carbonyl (C=O) groups is 4. The lowest BCUT2D eigenvalue weighted by Crippen LogP contribution is -2.37. The van der Waals surface area contributed by atoms with Crippen LogP contribution in [0.1, 0.15) is 40.5 Å². The number of aliphatic hydroxyl groups is 1. The third-order valence-corrected chi connectivity index (χ3v) is 6.84. The Bertz CT molecular complexity index is 1130. The molecule has 0 saturated carbocycles. The second kappa shape index (κ2) is 14.0. The monoisotopic (exact) mass is 545 g/mol. The van der Waals surface area contributed by atoms with Gasteiger partial charge < -0.3 is 36.1 Å². The molecule has 0 spiro atoms. The SMILES string of the molecule is COC1/C=C\C=C(\C)C(=O)NC2=CC(=O)C(N)=C(CC(C)CC(OC)C(O)C(C)/C=C(/C)C1OC(N)=O)C2=O. The van der Waals surface area contributed by atoms with Crippen molar-refractivity contribution in [1.82, 2.24) is 5.32 Å². The molecule has 6 N–H and O–H groups in total. The predicted molar refractivity (Wildman–Crippen MR) is 144 cm³/mol. The van der Waals surface area contributed by atoms with Crippen LogP contribution in [-0.4, -0.2) is 67.3 Å². The van der Waals surface area contributed by atoms with Gasteiger partial charge in [0.05, 0.1) is 23.6 Å². The van der Waals surface area contributed by atoms with Crippen LogP contribution in [0.25, 0.3) is 0 Å². The van der Waals surface area contributed by atoms with Gasteiger partial charge in [0.25, 0.3) is 5.91 Å². The summed E-state index contributed by atoms with van der Waals surface area (Å²) in [5.41, 5.74) is 11.9. The Balaban J connectivity index is 2.58. The van der Waals surface area contributed by atoms with Crippen molar-refractivity contribution in [3.63, 3.8) is 0 Å². The lowest BCUT2D eigenvalue weighted by molar-refractivity contribution is -0.120. The van der Waals surface area contributed by atoms with Crippen molar-refractivity contribution < 1.29 is 38.5 Å². The summed E-state index contributed by atoms with van der Waals surface area (Å²) in [7, 11) is 2.90. The Morgan fingerprint density at radius 1 is 1.13 bits per heavy atom. The maximum Gasteiger partial charge on any atom is 0.405 e. The summed E-state index contributed by atoms with van der Waals surface area (Å²) < 4.78 is 16.4. The van der Waals surface area contributed by atoms with E-state index in [2.05, 4.69) is 5.32 Å². The highest BCUT2D eigenvalue weighted by Crippen LogP contribution is 2.28. The zero-order valence-electron chi connectivity index (χ0n) is 23.2. The third kappa shape index (κ3) is 8.22. The topological polar surface area (TPSA) is 180 Å². The average Bonchev–Trinajstić information content (AvgIpc) is 2.88. The number of Topliss-reactive ketones (excluding diaryl/α,β-unsaturated/α-hetero) is 1. The molecule has 6 unspecified atom stereocenters. The van der Waals surface area contributed by atoms with Crippen LogP contribution in [-0.2, 0) is 28.6 Å². The quantitative estimate of drug-likeness (QED) is 0.303. The number of nitrogens with two attached hydrogens (primary N) is 2. The second-order valence-corrected chi connectivity index (χ2v) is 9.97. The van der Waals surface area contributed by atoms with Gasteiger partial charge >= 0.3 is 6.09 Å². The number of primary amides is 1. The normalized spacial score (nSPS) is 33.3. The van der Waals surface area contributed by atoms with Crippen LogP contribution >= 0.6 is 0 Å². The molecule has 1 aliphatic heterocycles. The number of carbonyl (C=O) groups excluding carboxylic acids is 4. The summed E-state index contributed by atoms with van der Waals surface area (Å²) in [6, 6.07) is 0. The number of allylic oxidation sites excluding steroid dienone is 4. The molecule has 0 aromatic carbocycles. The minimum absolute atomic E-state index is 0.104. The van der Waals surface area contributed by atoms with Gasteiger partial charge in [0.15, 0.2) is 6.10 Å². The molecule has 6 atom stereocenters. The van der Waals surface area contributed by atoms with Gasteiger partial charge in [-0.3, -0.25) is 14.4 Å². The smallest absolute Gasteiger partial charge is 0.405 e. The summed E-state index contributed by atoms with van der Waals surface area (Å²) >= 11 is 0. The zero-order chi connectivity index (χ0) is 29.4. The molecular weight excluding hydrogens is 506 g/mol. The molecule has 0 aromatic rings. The van der Waals surface area contributed by atoms with E-state index in [0.717, 1.165) is 6.08 Å². The Morgan fingerprint density at radius 3 is 2.38 bits per heavy atom. The van der Waals surface area contributed by atoms with E-state index in [4.69, 9.17) is 25.7 Å². The molecule has 0 fully saturated rings. The fraction of sp³-hybridized carbons (Fsp3) is 0.500. The molecule has 214 valence electrons. The molecule has 11 heteroatoms. The molecule has 2 bridgehead atoms. The van der Waals surface area contributed by atoms with Gasteiger partial charge in [0, 0.05) is 37.4 Å². The van der Waals surface area contributed by atoms with E-state index in [1.54, 1.807) is 26.0 Å². The van der Waals surface area contributed by atoms with Crippen molar-refractivity contribution in [2.45, 2.75) is 65.0 Å². The van der Waals surface area contributed by atoms with Crippen molar-refractivity contribution in [2.24, 2.45) is 23.3 Å². The van der Waals surface area contributed by atoms with Crippen LogP contribution in [0.5, 0.6) is 0 Å². The molecule has 0 radical (unpaired) electrons. The molecule has 2 amide bonds. The number of hydrogen-bond acceptors (Lipinski definition) is 9. The molecule has 1 aliphatic carbocycles. The maximum absolute atomic E-state index is 13.2. The van der Waals surface area contributed by atoms with E-state index < -0.39 is 53.9 Å². The van der Waals surface area contributed by atoms with Gasteiger partial charge in [0.2, 0.25) is 11.6 Å². The first-order valence-electron chi connectivity index (χ1n) is 12.6. The Kier molecular flexibility index (Phi) is 11.4. The second-order valence-electron chi connectivity index (χ2n) is 9.97. The summed E-state index contributed by atoms with van der Waals surface area (Å²) in [5, 5.41) is 13.6. The molecule has 2 aliphatic rings. The number of ether oxygens (including phenoxy) is 3. The first-order chi connectivity index (χ1) is 18.3. The van der Waals surface area contributed by atoms with Gasteiger partial charge in [0.1, 0.15) is 6.10 Å². The highest BCUT2D eigenvalue weighted by Gasteiger charge is 2.32. The van der Waals surface area contributed by atoms with Crippen molar-refractivity contribution in [3.8, 4) is 0 Å². The van der Waals surface area contributed by atoms with Gasteiger partial charge in [-0.15, -0.1) is 0 Å². The van der Waals surface area contributed by atoms with Crippen molar-refractivity contribution in [2.75, 3.05) is 14.2 Å². The predicted octanol–water partition coefficient (Wildman–Crippen LogP) is 1.72. The average molecular weight is 546 g/mol. The van der Waals surface area contributed by atoms with E-state index in [9.17, 15) is 24.3 Å². The Labute approximate surface area is 228 Å². The van der Waals surface area contributed by atoms with Crippen molar-refractivity contribution >= 4 is 23.6 Å². The van der Waals surface area contributed by atoms with Gasteiger partial charge in [-0.25, -0.2) is 4.79 Å². The van der Waals surface area contributed by atoms with Crippen LogP contribution in [0, 0.1) is 11.8 Å². The van der Waals surface area contributed by atoms with Crippen LogP contribution in [0.15, 0.2) is 58.5 Å². The van der Waals surface area contributed by atoms with Crippen LogP contribution < -0.4 is 16.8 Å². The van der Waals surface area contributed by atoms with Crippen LogP contribution in [0.4, 0.5) is 4.79 Å². The molecule has 1 heterocycles. The van der Waals surface area contributed by atoms with E-state index in [1.807, 2.05) is 6.92 Å². The van der Waals surface area contributed by atoms with Crippen molar-refractivity contribution in [1.29, 1.82) is 0 Å². The molecule has 39 heavy (non-hydrogen) atoms. The third-order valence-electron chi connectivity index (χ3n) is 6.84. The lowest BCUT2D eigenvalue weighted by Gasteiger charge is -2.29. The molecule has 0 saturated heterocycles. The van der Waals surface area contributed by atoms with E-state index in [0.29, 0.717) is 12.0 Å². The number of rotatable bonds is 3. The van der Waals surface area contributed by atoms with Crippen LogP contribution in [0.3, 0.4) is 0 Å². The van der Waals surface area contributed by atoms with E-state index in [-0.39, 0.29) is 34.9 Å². The number of methoxy groups -OCH3 is 2. The van der Waals surface area contributed by atoms with Crippen molar-refractivity contribution in [3.05, 3.63) is 58.5 Å². The summed E-state index contributed by atoms with van der Waals surface area (Å²) in [6.07, 6.45) is 3.55. The van der Waals surface area contributed by atoms with E-state index >= 15 is 0 Å². The largest absolute Gasteiger partial charge is 0.439 e. The number of hydrogen-bond donors (Lipinski definition) is 4.